The van der Waals surface area contributed by atoms with Gasteiger partial charge in [0, 0.05) is 31.4 Å². The van der Waals surface area contributed by atoms with Crippen molar-refractivity contribution in [3.63, 3.8) is 0 Å². The van der Waals surface area contributed by atoms with E-state index >= 15 is 0 Å². The van der Waals surface area contributed by atoms with Crippen LogP contribution in [0.2, 0.25) is 0 Å². The van der Waals surface area contributed by atoms with E-state index in [2.05, 4.69) is 22.9 Å². The Bertz CT molecular complexity index is 741. The zero-order chi connectivity index (χ0) is 25.5. The number of likely N-dealkylation sites (tertiary alicyclic amines) is 1. The Morgan fingerprint density at radius 3 is 2.26 bits per heavy atom. The van der Waals surface area contributed by atoms with E-state index in [0.29, 0.717) is 19.2 Å². The van der Waals surface area contributed by atoms with E-state index in [-0.39, 0.29) is 6.03 Å². The van der Waals surface area contributed by atoms with Crippen LogP contribution < -0.4 is 20.7 Å². The monoisotopic (exact) mass is 490 g/mol. The van der Waals surface area contributed by atoms with Crippen LogP contribution in [0.4, 0.5) is 15.3 Å². The normalized spacial score (nSPS) is 14.3. The predicted octanol–water partition coefficient (Wildman–Crippen LogP) is 5.54. The Morgan fingerprint density at radius 1 is 0.943 bits per heavy atom. The molecule has 2 rings (SSSR count). The minimum absolute atomic E-state index is 0.0691. The molecule has 1 fully saturated rings. The van der Waals surface area contributed by atoms with E-state index in [4.69, 9.17) is 9.47 Å². The lowest BCUT2D eigenvalue weighted by molar-refractivity contribution is 0.0520. The molecule has 0 aliphatic carbocycles. The van der Waals surface area contributed by atoms with E-state index in [0.717, 1.165) is 50.3 Å². The molecule has 0 unspecified atom stereocenters. The molecule has 0 spiro atoms. The van der Waals surface area contributed by atoms with Gasteiger partial charge in [-0.1, -0.05) is 39.0 Å². The molecule has 0 aromatic heterocycles. The van der Waals surface area contributed by atoms with Crippen molar-refractivity contribution in [1.82, 2.24) is 15.5 Å². The minimum atomic E-state index is -0.510. The van der Waals surface area contributed by atoms with Crippen LogP contribution in [0.3, 0.4) is 0 Å². The number of urea groups is 1. The second-order valence-corrected chi connectivity index (χ2v) is 10.2. The third kappa shape index (κ3) is 12.6. The first kappa shape index (κ1) is 28.6. The highest BCUT2D eigenvalue weighted by molar-refractivity contribution is 5.74. The largest absolute Gasteiger partial charge is 0.492 e. The molecule has 1 aliphatic rings. The number of ether oxygens (including phenoxy) is 2. The molecule has 3 N–H and O–H groups in total. The Balaban J connectivity index is 1.58. The topological polar surface area (TPSA) is 91.9 Å². The Kier molecular flexibility index (Phi) is 12.6. The minimum Gasteiger partial charge on any atom is -0.492 e. The van der Waals surface area contributed by atoms with Gasteiger partial charge in [-0.15, -0.1) is 0 Å². The lowest BCUT2D eigenvalue weighted by Crippen LogP contribution is -2.47. The number of unbranched alkanes of at least 4 members (excludes halogenated alkanes) is 5. The van der Waals surface area contributed by atoms with Crippen molar-refractivity contribution < 1.29 is 19.1 Å². The summed E-state index contributed by atoms with van der Waals surface area (Å²) in [5, 5.41) is 9.31. The van der Waals surface area contributed by atoms with Crippen LogP contribution in [0.1, 0.15) is 79.1 Å². The van der Waals surface area contributed by atoms with E-state index in [1.807, 2.05) is 49.9 Å². The summed E-state index contributed by atoms with van der Waals surface area (Å²) < 4.78 is 10.9. The van der Waals surface area contributed by atoms with Gasteiger partial charge in [0.25, 0.3) is 0 Å². The molecule has 1 aromatic carbocycles. The van der Waals surface area contributed by atoms with Gasteiger partial charge < -0.3 is 30.3 Å². The molecule has 0 atom stereocenters. The molecule has 0 saturated carbocycles. The molecular formula is C27H46N4O4. The summed E-state index contributed by atoms with van der Waals surface area (Å²) in [5.74, 6) is 0.749. The van der Waals surface area contributed by atoms with Crippen LogP contribution in [0, 0.1) is 0 Å². The average Bonchev–Trinajstić information content (AvgIpc) is 2.81. The molecule has 1 aliphatic heterocycles. The second kappa shape index (κ2) is 15.4. The first-order valence-electron chi connectivity index (χ1n) is 13.3. The van der Waals surface area contributed by atoms with Crippen molar-refractivity contribution in [2.24, 2.45) is 0 Å². The number of piperidine rings is 1. The number of carbonyl (C=O) groups is 2. The third-order valence-electron chi connectivity index (χ3n) is 5.85. The Labute approximate surface area is 211 Å². The van der Waals surface area contributed by atoms with E-state index in [1.54, 1.807) is 0 Å². The Morgan fingerprint density at radius 2 is 1.60 bits per heavy atom. The van der Waals surface area contributed by atoms with E-state index < -0.39 is 11.7 Å². The van der Waals surface area contributed by atoms with Crippen LogP contribution in [0.25, 0.3) is 0 Å². The molecule has 8 heteroatoms. The number of anilines is 1. The molecule has 1 saturated heterocycles. The smallest absolute Gasteiger partial charge is 0.407 e. The summed E-state index contributed by atoms with van der Waals surface area (Å²) >= 11 is 0. The Hall–Kier alpha value is -2.64. The standard InChI is InChI=1S/C27H46N4O4/c1-5-6-7-8-9-10-17-28-25(32)31-19-15-23(16-20-31)30-22-11-13-24(14-12-22)34-21-18-29-26(33)35-27(2,3)4/h11-14,23,30H,5-10,15-21H2,1-4H3,(H,28,32)(H,29,33). The summed E-state index contributed by atoms with van der Waals surface area (Å²) in [6, 6.07) is 8.25. The van der Waals surface area contributed by atoms with Crippen LogP contribution >= 0.6 is 0 Å². The molecule has 0 radical (unpaired) electrons. The number of alkyl carbamates (subject to hydrolysis) is 1. The van der Waals surface area contributed by atoms with Crippen LogP contribution in [-0.4, -0.2) is 61.5 Å². The number of rotatable bonds is 13. The van der Waals surface area contributed by atoms with Gasteiger partial charge in [-0.2, -0.15) is 0 Å². The van der Waals surface area contributed by atoms with Crippen molar-refractivity contribution in [2.45, 2.75) is 90.7 Å². The zero-order valence-corrected chi connectivity index (χ0v) is 22.2. The maximum atomic E-state index is 12.4. The maximum absolute atomic E-state index is 12.4. The fraction of sp³-hybridized carbons (Fsp3) is 0.704. The first-order valence-corrected chi connectivity index (χ1v) is 13.3. The second-order valence-electron chi connectivity index (χ2n) is 10.2. The van der Waals surface area contributed by atoms with Crippen molar-refractivity contribution in [1.29, 1.82) is 0 Å². The van der Waals surface area contributed by atoms with Gasteiger partial charge in [-0.3, -0.25) is 0 Å². The number of carbonyl (C=O) groups excluding carboxylic acids is 2. The van der Waals surface area contributed by atoms with E-state index in [9.17, 15) is 9.59 Å². The number of nitrogens with zero attached hydrogens (tertiary/aromatic N) is 1. The predicted molar refractivity (Wildman–Crippen MR) is 141 cm³/mol. The van der Waals surface area contributed by atoms with E-state index in [1.165, 1.54) is 32.1 Å². The van der Waals surface area contributed by atoms with Crippen molar-refractivity contribution in [3.8, 4) is 5.75 Å². The zero-order valence-electron chi connectivity index (χ0n) is 22.2. The molecule has 8 nitrogen and oxygen atoms in total. The molecule has 0 bridgehead atoms. The highest BCUT2D eigenvalue weighted by Crippen LogP contribution is 2.20. The lowest BCUT2D eigenvalue weighted by atomic mass is 10.0. The lowest BCUT2D eigenvalue weighted by Gasteiger charge is -2.33. The molecule has 3 amide bonds. The highest BCUT2D eigenvalue weighted by Gasteiger charge is 2.22. The highest BCUT2D eigenvalue weighted by atomic mass is 16.6. The quantitative estimate of drug-likeness (QED) is 0.316. The number of hydrogen-bond donors (Lipinski definition) is 3. The van der Waals surface area contributed by atoms with Gasteiger partial charge in [0.1, 0.15) is 18.0 Å². The average molecular weight is 491 g/mol. The molecule has 1 heterocycles. The number of amides is 3. The number of benzene rings is 1. The van der Waals surface area contributed by atoms with Crippen LogP contribution in [-0.2, 0) is 4.74 Å². The first-order chi connectivity index (χ1) is 16.8. The summed E-state index contributed by atoms with van der Waals surface area (Å²) in [6.07, 6.45) is 8.81. The number of nitrogens with one attached hydrogen (secondary N) is 3. The fourth-order valence-electron chi connectivity index (χ4n) is 3.96. The van der Waals surface area contributed by atoms with Crippen LogP contribution in [0.15, 0.2) is 24.3 Å². The van der Waals surface area contributed by atoms with Crippen molar-refractivity contribution in [3.05, 3.63) is 24.3 Å². The van der Waals surface area contributed by atoms with Crippen molar-refractivity contribution in [2.75, 3.05) is 38.1 Å². The summed E-state index contributed by atoms with van der Waals surface area (Å²) in [4.78, 5) is 26.0. The molecule has 1 aromatic rings. The molecule has 35 heavy (non-hydrogen) atoms. The van der Waals surface area contributed by atoms with Gasteiger partial charge in [-0.05, 0) is 64.3 Å². The third-order valence-corrected chi connectivity index (χ3v) is 5.85. The summed E-state index contributed by atoms with van der Waals surface area (Å²) in [6.45, 7) is 10.8. The fourth-order valence-corrected chi connectivity index (χ4v) is 3.96. The van der Waals surface area contributed by atoms with Crippen molar-refractivity contribution >= 4 is 17.8 Å². The maximum Gasteiger partial charge on any atom is 0.407 e. The SMILES string of the molecule is CCCCCCCCNC(=O)N1CCC(Nc2ccc(OCCNC(=O)OC(C)(C)C)cc2)CC1. The van der Waals surface area contributed by atoms with Gasteiger partial charge in [0.2, 0.25) is 0 Å². The van der Waals surface area contributed by atoms with Gasteiger partial charge >= 0.3 is 12.1 Å². The number of hydrogen-bond acceptors (Lipinski definition) is 5. The van der Waals surface area contributed by atoms with Gasteiger partial charge in [-0.25, -0.2) is 9.59 Å². The van der Waals surface area contributed by atoms with Gasteiger partial charge in [0.05, 0.1) is 6.54 Å². The van der Waals surface area contributed by atoms with Crippen LogP contribution in [0.5, 0.6) is 5.75 Å². The summed E-state index contributed by atoms with van der Waals surface area (Å²) in [5.41, 5.74) is 0.527. The van der Waals surface area contributed by atoms with Gasteiger partial charge in [0.15, 0.2) is 0 Å². The molecule has 198 valence electrons. The molecular weight excluding hydrogens is 444 g/mol. The summed E-state index contributed by atoms with van der Waals surface area (Å²) in [7, 11) is 0.